The van der Waals surface area contributed by atoms with Crippen LogP contribution in [0.25, 0.3) is 0 Å². The maximum absolute atomic E-state index is 11.9. The molecule has 0 spiro atoms. The number of hydrogen-bond donors (Lipinski definition) is 0. The van der Waals surface area contributed by atoms with Gasteiger partial charge in [0, 0.05) is 13.1 Å². The third-order valence-corrected chi connectivity index (χ3v) is 2.87. The second kappa shape index (κ2) is 4.51. The number of cyclic esters (lactones) is 1. The SMILES string of the molecule is O=C1OCCN1C(=O)N1CCCCCC1. The molecule has 2 heterocycles. The molecule has 0 N–H and O–H groups in total. The number of rotatable bonds is 0. The van der Waals surface area contributed by atoms with E-state index in [-0.39, 0.29) is 6.03 Å². The Hall–Kier alpha value is -1.26. The van der Waals surface area contributed by atoms with Gasteiger partial charge in [0.2, 0.25) is 0 Å². The van der Waals surface area contributed by atoms with Crippen LogP contribution in [-0.2, 0) is 4.74 Å². The maximum Gasteiger partial charge on any atom is 0.418 e. The minimum Gasteiger partial charge on any atom is -0.447 e. The Morgan fingerprint density at radius 2 is 1.73 bits per heavy atom. The van der Waals surface area contributed by atoms with E-state index in [1.807, 2.05) is 0 Å². The normalized spacial score (nSPS) is 22.5. The Balaban J connectivity index is 1.96. The Kier molecular flexibility index (Phi) is 3.08. The van der Waals surface area contributed by atoms with Gasteiger partial charge < -0.3 is 9.64 Å². The molecule has 5 nitrogen and oxygen atoms in total. The summed E-state index contributed by atoms with van der Waals surface area (Å²) in [5.74, 6) is 0. The van der Waals surface area contributed by atoms with E-state index in [1.54, 1.807) is 4.90 Å². The molecule has 0 aromatic rings. The first-order valence-corrected chi connectivity index (χ1v) is 5.52. The second-order valence-corrected chi connectivity index (χ2v) is 3.95. The predicted octanol–water partition coefficient (Wildman–Crippen LogP) is 1.43. The van der Waals surface area contributed by atoms with Crippen molar-refractivity contribution in [2.75, 3.05) is 26.2 Å². The van der Waals surface area contributed by atoms with Gasteiger partial charge in [-0.2, -0.15) is 0 Å². The number of urea groups is 1. The van der Waals surface area contributed by atoms with Crippen LogP contribution in [0.2, 0.25) is 0 Å². The van der Waals surface area contributed by atoms with Crippen molar-refractivity contribution in [2.45, 2.75) is 25.7 Å². The summed E-state index contributed by atoms with van der Waals surface area (Å²) >= 11 is 0. The van der Waals surface area contributed by atoms with E-state index in [2.05, 4.69) is 0 Å². The highest BCUT2D eigenvalue weighted by Gasteiger charge is 2.31. The number of amides is 3. The van der Waals surface area contributed by atoms with Crippen molar-refractivity contribution in [3.63, 3.8) is 0 Å². The third kappa shape index (κ3) is 2.22. The van der Waals surface area contributed by atoms with Crippen molar-refractivity contribution in [1.29, 1.82) is 0 Å². The Morgan fingerprint density at radius 1 is 1.07 bits per heavy atom. The molecule has 2 aliphatic heterocycles. The highest BCUT2D eigenvalue weighted by Crippen LogP contribution is 2.14. The van der Waals surface area contributed by atoms with Crippen molar-refractivity contribution in [3.05, 3.63) is 0 Å². The Labute approximate surface area is 89.0 Å². The molecule has 0 radical (unpaired) electrons. The fourth-order valence-electron chi connectivity index (χ4n) is 2.00. The number of nitrogens with zero attached hydrogens (tertiary/aromatic N) is 2. The first-order chi connectivity index (χ1) is 7.29. The van der Waals surface area contributed by atoms with Crippen LogP contribution < -0.4 is 0 Å². The van der Waals surface area contributed by atoms with Crippen LogP contribution in [0.4, 0.5) is 9.59 Å². The van der Waals surface area contributed by atoms with Gasteiger partial charge in [-0.3, -0.25) is 0 Å². The van der Waals surface area contributed by atoms with Gasteiger partial charge in [0.25, 0.3) is 0 Å². The number of likely N-dealkylation sites (tertiary alicyclic amines) is 1. The van der Waals surface area contributed by atoms with Crippen LogP contribution in [0.5, 0.6) is 0 Å². The van der Waals surface area contributed by atoms with E-state index >= 15 is 0 Å². The summed E-state index contributed by atoms with van der Waals surface area (Å²) in [5, 5.41) is 0. The van der Waals surface area contributed by atoms with Crippen LogP contribution in [0.15, 0.2) is 0 Å². The van der Waals surface area contributed by atoms with E-state index in [1.165, 1.54) is 17.7 Å². The van der Waals surface area contributed by atoms with E-state index in [9.17, 15) is 9.59 Å². The standard InChI is InChI=1S/C10H16N2O3/c13-9(12-7-8-15-10(12)14)11-5-3-1-2-4-6-11/h1-8H2. The van der Waals surface area contributed by atoms with Gasteiger partial charge in [-0.25, -0.2) is 14.5 Å². The van der Waals surface area contributed by atoms with Gasteiger partial charge in [0.05, 0.1) is 6.54 Å². The van der Waals surface area contributed by atoms with E-state index in [4.69, 9.17) is 4.74 Å². The summed E-state index contributed by atoms with van der Waals surface area (Å²) in [6.45, 7) is 2.26. The summed E-state index contributed by atoms with van der Waals surface area (Å²) in [6, 6.07) is -0.181. The fourth-order valence-corrected chi connectivity index (χ4v) is 2.00. The van der Waals surface area contributed by atoms with Gasteiger partial charge in [-0.1, -0.05) is 12.8 Å². The van der Waals surface area contributed by atoms with Crippen LogP contribution >= 0.6 is 0 Å². The van der Waals surface area contributed by atoms with Crippen LogP contribution in [0.3, 0.4) is 0 Å². The molecule has 2 rings (SSSR count). The number of hydrogen-bond acceptors (Lipinski definition) is 3. The van der Waals surface area contributed by atoms with Crippen molar-refractivity contribution in [1.82, 2.24) is 9.80 Å². The summed E-state index contributed by atoms with van der Waals surface area (Å²) in [6.07, 6.45) is 3.93. The minimum atomic E-state index is -0.496. The van der Waals surface area contributed by atoms with Crippen LogP contribution in [-0.4, -0.2) is 48.2 Å². The molecule has 2 aliphatic rings. The molecule has 0 atom stereocenters. The summed E-state index contributed by atoms with van der Waals surface area (Å²) in [7, 11) is 0. The lowest BCUT2D eigenvalue weighted by Crippen LogP contribution is -2.44. The zero-order valence-electron chi connectivity index (χ0n) is 8.78. The fraction of sp³-hybridized carbons (Fsp3) is 0.800. The monoisotopic (exact) mass is 212 g/mol. The van der Waals surface area contributed by atoms with E-state index in [0.717, 1.165) is 25.9 Å². The Morgan fingerprint density at radius 3 is 2.27 bits per heavy atom. The number of ether oxygens (including phenoxy) is 1. The minimum absolute atomic E-state index is 0.181. The van der Waals surface area contributed by atoms with Gasteiger partial charge >= 0.3 is 12.1 Å². The largest absolute Gasteiger partial charge is 0.447 e. The van der Waals surface area contributed by atoms with E-state index in [0.29, 0.717) is 13.2 Å². The molecule has 84 valence electrons. The molecule has 3 amide bonds. The van der Waals surface area contributed by atoms with E-state index < -0.39 is 6.09 Å². The molecule has 0 aromatic heterocycles. The molecule has 0 unspecified atom stereocenters. The van der Waals surface area contributed by atoms with Gasteiger partial charge in [-0.05, 0) is 12.8 Å². The molecular formula is C10H16N2O3. The van der Waals surface area contributed by atoms with Gasteiger partial charge in [0.15, 0.2) is 0 Å². The number of carbonyl (C=O) groups excluding carboxylic acids is 2. The average molecular weight is 212 g/mol. The third-order valence-electron chi connectivity index (χ3n) is 2.87. The van der Waals surface area contributed by atoms with Crippen LogP contribution in [0, 0.1) is 0 Å². The first-order valence-electron chi connectivity index (χ1n) is 5.52. The lowest BCUT2D eigenvalue weighted by Gasteiger charge is -2.23. The predicted molar refractivity (Wildman–Crippen MR) is 53.5 cm³/mol. The molecule has 2 saturated heterocycles. The van der Waals surface area contributed by atoms with Crippen LogP contribution in [0.1, 0.15) is 25.7 Å². The molecule has 0 aliphatic carbocycles. The Bertz CT molecular complexity index is 259. The lowest BCUT2D eigenvalue weighted by molar-refractivity contribution is 0.144. The summed E-state index contributed by atoms with van der Waals surface area (Å²) in [4.78, 5) is 26.1. The average Bonchev–Trinajstić information content (AvgIpc) is 2.53. The summed E-state index contributed by atoms with van der Waals surface area (Å²) in [5.41, 5.74) is 0. The van der Waals surface area contributed by atoms with Crippen molar-refractivity contribution in [3.8, 4) is 0 Å². The van der Waals surface area contributed by atoms with Gasteiger partial charge in [0.1, 0.15) is 6.61 Å². The molecule has 5 heteroatoms. The quantitative estimate of drug-likeness (QED) is 0.610. The van der Waals surface area contributed by atoms with Crippen molar-refractivity contribution < 1.29 is 14.3 Å². The zero-order chi connectivity index (χ0) is 10.7. The maximum atomic E-state index is 11.9. The zero-order valence-corrected chi connectivity index (χ0v) is 8.78. The lowest BCUT2D eigenvalue weighted by atomic mass is 10.2. The molecule has 0 saturated carbocycles. The molecular weight excluding hydrogens is 196 g/mol. The number of imide groups is 1. The molecule has 2 fully saturated rings. The topological polar surface area (TPSA) is 49.9 Å². The molecule has 15 heavy (non-hydrogen) atoms. The first kappa shape index (κ1) is 10.3. The van der Waals surface area contributed by atoms with Crippen molar-refractivity contribution in [2.24, 2.45) is 0 Å². The molecule has 0 aromatic carbocycles. The highest BCUT2D eigenvalue weighted by molar-refractivity contribution is 5.91. The number of carbonyl (C=O) groups is 2. The van der Waals surface area contributed by atoms with Gasteiger partial charge in [-0.15, -0.1) is 0 Å². The second-order valence-electron chi connectivity index (χ2n) is 3.95. The highest BCUT2D eigenvalue weighted by atomic mass is 16.6. The summed E-state index contributed by atoms with van der Waals surface area (Å²) < 4.78 is 4.75. The molecule has 0 bridgehead atoms. The van der Waals surface area contributed by atoms with Crippen molar-refractivity contribution >= 4 is 12.1 Å². The smallest absolute Gasteiger partial charge is 0.418 e.